The summed E-state index contributed by atoms with van der Waals surface area (Å²) in [5.74, 6) is 0. The topological polar surface area (TPSA) is 58.0 Å². The summed E-state index contributed by atoms with van der Waals surface area (Å²) in [7, 11) is 1.71. The average Bonchev–Trinajstić information content (AvgIpc) is 2.06. The molecule has 1 rings (SSSR count). The van der Waals surface area contributed by atoms with Gasteiger partial charge < -0.3 is 4.74 Å². The van der Waals surface area contributed by atoms with Crippen LogP contribution in [0.2, 0.25) is 0 Å². The quantitative estimate of drug-likeness (QED) is 0.342. The molecule has 0 N–H and O–H groups in total. The van der Waals surface area contributed by atoms with Crippen molar-refractivity contribution in [2.24, 2.45) is 5.11 Å². The van der Waals surface area contributed by atoms with Crippen molar-refractivity contribution < 1.29 is 4.74 Å². The normalized spacial score (nSPS) is 31.0. The van der Waals surface area contributed by atoms with Crippen LogP contribution in [0, 0.1) is 0 Å². The molecule has 2 unspecified atom stereocenters. The molecule has 4 nitrogen and oxygen atoms in total. The van der Waals surface area contributed by atoms with Gasteiger partial charge in [-0.05, 0) is 24.8 Å². The van der Waals surface area contributed by atoms with E-state index in [0.717, 1.165) is 25.7 Å². The van der Waals surface area contributed by atoms with Crippen molar-refractivity contribution in [3.05, 3.63) is 10.4 Å². The molecule has 0 aromatic heterocycles. The van der Waals surface area contributed by atoms with Crippen molar-refractivity contribution >= 4 is 0 Å². The fourth-order valence-corrected chi connectivity index (χ4v) is 1.51. The smallest absolute Gasteiger partial charge is 0.0575 e. The average molecular weight is 155 g/mol. The van der Waals surface area contributed by atoms with Crippen LogP contribution in [0.5, 0.6) is 0 Å². The maximum Gasteiger partial charge on any atom is 0.0575 e. The molecular weight excluding hydrogens is 142 g/mol. The van der Waals surface area contributed by atoms with Crippen molar-refractivity contribution in [1.29, 1.82) is 0 Å². The molecule has 11 heavy (non-hydrogen) atoms. The number of methoxy groups -OCH3 is 1. The van der Waals surface area contributed by atoms with Gasteiger partial charge in [0.2, 0.25) is 0 Å². The summed E-state index contributed by atoms with van der Waals surface area (Å²) in [6.07, 6.45) is 4.43. The Hall–Kier alpha value is -0.730. The molecular formula is C7H13N3O. The van der Waals surface area contributed by atoms with Crippen LogP contribution in [0.25, 0.3) is 10.4 Å². The first kappa shape index (κ1) is 8.37. The zero-order valence-corrected chi connectivity index (χ0v) is 6.73. The summed E-state index contributed by atoms with van der Waals surface area (Å²) in [6.45, 7) is 0. The molecule has 0 bridgehead atoms. The van der Waals surface area contributed by atoms with Crippen molar-refractivity contribution in [2.45, 2.75) is 37.8 Å². The first-order valence-corrected chi connectivity index (χ1v) is 3.94. The van der Waals surface area contributed by atoms with Gasteiger partial charge in [0.05, 0.1) is 6.10 Å². The number of rotatable bonds is 2. The van der Waals surface area contributed by atoms with Crippen molar-refractivity contribution in [2.75, 3.05) is 7.11 Å². The first-order chi connectivity index (χ1) is 5.36. The lowest BCUT2D eigenvalue weighted by Crippen LogP contribution is -2.23. The Balaban J connectivity index is 2.38. The standard InChI is InChI=1S/C7H13N3O/c1-11-7-4-2-3-6(5-7)9-10-8/h6-7H,2-5H2,1H3. The van der Waals surface area contributed by atoms with E-state index >= 15 is 0 Å². The molecule has 1 fully saturated rings. The van der Waals surface area contributed by atoms with Crippen LogP contribution in [0.1, 0.15) is 25.7 Å². The predicted octanol–water partition coefficient (Wildman–Crippen LogP) is 2.25. The van der Waals surface area contributed by atoms with Gasteiger partial charge in [0.1, 0.15) is 0 Å². The Morgan fingerprint density at radius 3 is 3.00 bits per heavy atom. The Bertz CT molecular complexity index is 165. The van der Waals surface area contributed by atoms with Gasteiger partial charge in [0.25, 0.3) is 0 Å². The second-order valence-electron chi connectivity index (χ2n) is 2.88. The molecule has 0 heterocycles. The molecule has 1 saturated carbocycles. The van der Waals surface area contributed by atoms with Crippen LogP contribution in [0.4, 0.5) is 0 Å². The van der Waals surface area contributed by atoms with E-state index in [2.05, 4.69) is 10.0 Å². The second-order valence-corrected chi connectivity index (χ2v) is 2.88. The molecule has 0 aromatic rings. The fraction of sp³-hybridized carbons (Fsp3) is 1.00. The van der Waals surface area contributed by atoms with Crippen LogP contribution >= 0.6 is 0 Å². The summed E-state index contributed by atoms with van der Waals surface area (Å²) >= 11 is 0. The van der Waals surface area contributed by atoms with E-state index in [4.69, 9.17) is 10.3 Å². The van der Waals surface area contributed by atoms with E-state index in [-0.39, 0.29) is 6.04 Å². The minimum absolute atomic E-state index is 0.165. The van der Waals surface area contributed by atoms with E-state index < -0.39 is 0 Å². The number of azide groups is 1. The van der Waals surface area contributed by atoms with Gasteiger partial charge in [-0.2, -0.15) is 0 Å². The molecule has 0 aromatic carbocycles. The van der Waals surface area contributed by atoms with Crippen molar-refractivity contribution in [3.8, 4) is 0 Å². The highest BCUT2D eigenvalue weighted by molar-refractivity contribution is 4.78. The highest BCUT2D eigenvalue weighted by Crippen LogP contribution is 2.22. The molecule has 0 amide bonds. The Labute approximate surface area is 66.2 Å². The largest absolute Gasteiger partial charge is 0.381 e. The van der Waals surface area contributed by atoms with Crippen LogP contribution in [-0.4, -0.2) is 19.3 Å². The third kappa shape index (κ3) is 2.41. The van der Waals surface area contributed by atoms with Crippen molar-refractivity contribution in [1.82, 2.24) is 0 Å². The van der Waals surface area contributed by atoms with E-state index in [1.165, 1.54) is 0 Å². The van der Waals surface area contributed by atoms with Crippen LogP contribution in [0.15, 0.2) is 5.11 Å². The summed E-state index contributed by atoms with van der Waals surface area (Å²) in [5, 5.41) is 3.68. The Morgan fingerprint density at radius 2 is 2.36 bits per heavy atom. The van der Waals surface area contributed by atoms with E-state index in [0.29, 0.717) is 6.10 Å². The maximum atomic E-state index is 8.19. The van der Waals surface area contributed by atoms with Gasteiger partial charge in [-0.15, -0.1) is 0 Å². The van der Waals surface area contributed by atoms with Gasteiger partial charge >= 0.3 is 0 Å². The number of ether oxygens (including phenoxy) is 1. The van der Waals surface area contributed by atoms with Gasteiger partial charge in [0, 0.05) is 18.1 Å². The highest BCUT2D eigenvalue weighted by atomic mass is 16.5. The number of hydrogen-bond acceptors (Lipinski definition) is 2. The molecule has 0 spiro atoms. The molecule has 4 heteroatoms. The summed E-state index contributed by atoms with van der Waals surface area (Å²) in [6, 6.07) is 0.165. The van der Waals surface area contributed by atoms with Gasteiger partial charge in [-0.25, -0.2) is 0 Å². The summed E-state index contributed by atoms with van der Waals surface area (Å²) in [4.78, 5) is 2.80. The van der Waals surface area contributed by atoms with E-state index in [1.807, 2.05) is 0 Å². The maximum absolute atomic E-state index is 8.19. The number of hydrogen-bond donors (Lipinski definition) is 0. The van der Waals surface area contributed by atoms with Gasteiger partial charge in [-0.3, -0.25) is 0 Å². The first-order valence-electron chi connectivity index (χ1n) is 3.94. The molecule has 0 radical (unpaired) electrons. The second kappa shape index (κ2) is 4.21. The van der Waals surface area contributed by atoms with Crippen molar-refractivity contribution in [3.63, 3.8) is 0 Å². The molecule has 0 aliphatic heterocycles. The monoisotopic (exact) mass is 155 g/mol. The molecule has 2 atom stereocenters. The van der Waals surface area contributed by atoms with E-state index in [1.54, 1.807) is 7.11 Å². The predicted molar refractivity (Wildman–Crippen MR) is 42.2 cm³/mol. The Morgan fingerprint density at radius 1 is 1.55 bits per heavy atom. The van der Waals surface area contributed by atoms with Gasteiger partial charge in [0.15, 0.2) is 0 Å². The van der Waals surface area contributed by atoms with Gasteiger partial charge in [-0.1, -0.05) is 11.5 Å². The summed E-state index contributed by atoms with van der Waals surface area (Å²) < 4.78 is 5.18. The molecule has 1 aliphatic rings. The zero-order valence-electron chi connectivity index (χ0n) is 6.73. The minimum Gasteiger partial charge on any atom is -0.381 e. The lowest BCUT2D eigenvalue weighted by molar-refractivity contribution is 0.0645. The van der Waals surface area contributed by atoms with Crippen LogP contribution < -0.4 is 0 Å². The van der Waals surface area contributed by atoms with Crippen LogP contribution in [0.3, 0.4) is 0 Å². The minimum atomic E-state index is 0.165. The Kier molecular flexibility index (Phi) is 3.20. The van der Waals surface area contributed by atoms with Crippen LogP contribution in [-0.2, 0) is 4.74 Å². The zero-order chi connectivity index (χ0) is 8.10. The SMILES string of the molecule is COC1CCCC(N=[N+]=[N-])C1. The third-order valence-electron chi connectivity index (χ3n) is 2.15. The molecule has 1 aliphatic carbocycles. The third-order valence-corrected chi connectivity index (χ3v) is 2.15. The fourth-order valence-electron chi connectivity index (χ4n) is 1.51. The molecule has 62 valence electrons. The lowest BCUT2D eigenvalue weighted by atomic mass is 9.93. The number of nitrogens with zero attached hydrogens (tertiary/aromatic N) is 3. The lowest BCUT2D eigenvalue weighted by Gasteiger charge is -2.24. The summed E-state index contributed by atoms with van der Waals surface area (Å²) in [5.41, 5.74) is 8.19. The van der Waals surface area contributed by atoms with E-state index in [9.17, 15) is 0 Å². The molecule has 0 saturated heterocycles. The highest BCUT2D eigenvalue weighted by Gasteiger charge is 2.19.